The van der Waals surface area contributed by atoms with Gasteiger partial charge in [0.25, 0.3) is 11.1 Å². The largest absolute Gasteiger partial charge is 0.490 e. The van der Waals surface area contributed by atoms with E-state index in [9.17, 15) is 9.59 Å². The number of hydrogen-bond donors (Lipinski definition) is 0. The number of carbonyl (C=O) groups excluding carboxylic acids is 2. The quantitative estimate of drug-likeness (QED) is 0.188. The minimum absolute atomic E-state index is 0.186. The van der Waals surface area contributed by atoms with E-state index in [-0.39, 0.29) is 17.7 Å². The maximum absolute atomic E-state index is 13.1. The number of rotatable bonds is 8. The van der Waals surface area contributed by atoms with Gasteiger partial charge in [-0.1, -0.05) is 82.1 Å². The molecule has 192 valence electrons. The van der Waals surface area contributed by atoms with Gasteiger partial charge in [-0.2, -0.15) is 0 Å². The van der Waals surface area contributed by atoms with Crippen molar-refractivity contribution in [1.29, 1.82) is 0 Å². The number of benzene rings is 4. The summed E-state index contributed by atoms with van der Waals surface area (Å²) in [6.45, 7) is 2.91. The number of hydrogen-bond acceptors (Lipinski definition) is 5. The molecule has 0 spiro atoms. The zero-order valence-corrected chi connectivity index (χ0v) is 23.6. The molecule has 1 saturated heterocycles. The van der Waals surface area contributed by atoms with Gasteiger partial charge >= 0.3 is 0 Å². The van der Waals surface area contributed by atoms with Gasteiger partial charge in [-0.3, -0.25) is 14.5 Å². The molecule has 0 atom stereocenters. The first-order chi connectivity index (χ1) is 18.4. The molecular formula is C30H23BrClNO4S. The standard InChI is InChI=1S/C30H23BrClNO4S/c1-2-36-26-14-22(15-28-29(34)33(30(35)38-28)17-19-10-12-23(32)13-11-19)25(31)16-27(26)37-18-21-8-5-7-20-6-3-4-9-24(20)21/h3-16H,2,17-18H2,1H3/b28-15-. The Labute approximate surface area is 238 Å². The lowest BCUT2D eigenvalue weighted by Gasteiger charge is -2.15. The van der Waals surface area contributed by atoms with E-state index in [1.165, 1.54) is 4.90 Å². The molecule has 0 radical (unpaired) electrons. The predicted octanol–water partition coefficient (Wildman–Crippen LogP) is 8.47. The fraction of sp³-hybridized carbons (Fsp3) is 0.133. The van der Waals surface area contributed by atoms with Crippen LogP contribution < -0.4 is 9.47 Å². The number of carbonyl (C=O) groups is 2. The molecule has 1 aliphatic rings. The van der Waals surface area contributed by atoms with Crippen molar-refractivity contribution in [2.75, 3.05) is 6.61 Å². The van der Waals surface area contributed by atoms with Crippen LogP contribution in [-0.4, -0.2) is 22.7 Å². The zero-order valence-electron chi connectivity index (χ0n) is 20.4. The summed E-state index contributed by atoms with van der Waals surface area (Å²) >= 11 is 10.5. The maximum atomic E-state index is 13.1. The summed E-state index contributed by atoms with van der Waals surface area (Å²) in [5.41, 5.74) is 2.61. The molecule has 8 heteroatoms. The Balaban J connectivity index is 1.38. The minimum Gasteiger partial charge on any atom is -0.490 e. The second-order valence-corrected chi connectivity index (χ2v) is 10.9. The first-order valence-corrected chi connectivity index (χ1v) is 14.0. The van der Waals surface area contributed by atoms with Gasteiger partial charge in [-0.25, -0.2) is 0 Å². The SMILES string of the molecule is CCOc1cc(/C=C2\SC(=O)N(Cc3ccc(Cl)cc3)C2=O)c(Br)cc1OCc1cccc2ccccc12. The number of amides is 2. The Kier molecular flexibility index (Phi) is 8.07. The molecule has 1 aliphatic heterocycles. The monoisotopic (exact) mass is 607 g/mol. The van der Waals surface area contributed by atoms with Crippen molar-refractivity contribution in [3.05, 3.63) is 110 Å². The highest BCUT2D eigenvalue weighted by molar-refractivity contribution is 9.10. The Morgan fingerprint density at radius 2 is 1.68 bits per heavy atom. The molecule has 4 aromatic rings. The lowest BCUT2D eigenvalue weighted by atomic mass is 10.1. The van der Waals surface area contributed by atoms with Crippen molar-refractivity contribution >= 4 is 67.3 Å². The van der Waals surface area contributed by atoms with Crippen LogP contribution in [0.3, 0.4) is 0 Å². The van der Waals surface area contributed by atoms with Crippen LogP contribution in [0.2, 0.25) is 5.02 Å². The van der Waals surface area contributed by atoms with Crippen LogP contribution in [0.4, 0.5) is 4.79 Å². The van der Waals surface area contributed by atoms with E-state index >= 15 is 0 Å². The maximum Gasteiger partial charge on any atom is 0.293 e. The number of halogens is 2. The van der Waals surface area contributed by atoms with E-state index in [2.05, 4.69) is 34.1 Å². The van der Waals surface area contributed by atoms with Crippen LogP contribution in [0.25, 0.3) is 16.8 Å². The lowest BCUT2D eigenvalue weighted by molar-refractivity contribution is -0.123. The third-order valence-electron chi connectivity index (χ3n) is 6.04. The van der Waals surface area contributed by atoms with Crippen molar-refractivity contribution in [3.63, 3.8) is 0 Å². The van der Waals surface area contributed by atoms with Gasteiger partial charge in [-0.15, -0.1) is 0 Å². The van der Waals surface area contributed by atoms with Crippen LogP contribution in [0.15, 0.2) is 88.2 Å². The number of ether oxygens (including phenoxy) is 2. The zero-order chi connectivity index (χ0) is 26.6. The van der Waals surface area contributed by atoms with Crippen LogP contribution in [-0.2, 0) is 17.9 Å². The molecule has 4 aromatic carbocycles. The summed E-state index contributed by atoms with van der Waals surface area (Å²) < 4.78 is 12.8. The van der Waals surface area contributed by atoms with Crippen molar-refractivity contribution in [3.8, 4) is 11.5 Å². The molecule has 0 aromatic heterocycles. The van der Waals surface area contributed by atoms with Gasteiger partial charge in [0, 0.05) is 9.50 Å². The molecule has 2 amide bonds. The lowest BCUT2D eigenvalue weighted by Crippen LogP contribution is -2.27. The van der Waals surface area contributed by atoms with Crippen molar-refractivity contribution in [1.82, 2.24) is 4.90 Å². The van der Waals surface area contributed by atoms with Crippen molar-refractivity contribution in [2.45, 2.75) is 20.1 Å². The van der Waals surface area contributed by atoms with Crippen LogP contribution in [0.1, 0.15) is 23.6 Å². The normalized spacial score (nSPS) is 14.5. The number of fused-ring (bicyclic) bond motifs is 1. The molecular weight excluding hydrogens is 586 g/mol. The highest BCUT2D eigenvalue weighted by atomic mass is 79.9. The third-order valence-corrected chi connectivity index (χ3v) is 7.89. The van der Waals surface area contributed by atoms with Crippen molar-refractivity contribution < 1.29 is 19.1 Å². The van der Waals surface area contributed by atoms with Gasteiger partial charge in [-0.05, 0) is 76.5 Å². The van der Waals surface area contributed by atoms with E-state index in [0.29, 0.717) is 40.2 Å². The van der Waals surface area contributed by atoms with Gasteiger partial charge in [0.15, 0.2) is 11.5 Å². The van der Waals surface area contributed by atoms with E-state index < -0.39 is 0 Å². The predicted molar refractivity (Wildman–Crippen MR) is 157 cm³/mol. The fourth-order valence-corrected chi connectivity index (χ4v) is 5.56. The Morgan fingerprint density at radius 3 is 2.47 bits per heavy atom. The van der Waals surface area contributed by atoms with Gasteiger partial charge in [0.2, 0.25) is 0 Å². The summed E-state index contributed by atoms with van der Waals surface area (Å²) in [5, 5.41) is 2.58. The average molecular weight is 609 g/mol. The second-order valence-electron chi connectivity index (χ2n) is 8.57. The van der Waals surface area contributed by atoms with Gasteiger partial charge < -0.3 is 9.47 Å². The van der Waals surface area contributed by atoms with E-state index in [0.717, 1.165) is 38.1 Å². The average Bonchev–Trinajstić information content (AvgIpc) is 3.18. The van der Waals surface area contributed by atoms with Gasteiger partial charge in [0.1, 0.15) is 6.61 Å². The number of imide groups is 1. The summed E-state index contributed by atoms with van der Waals surface area (Å²) in [6.07, 6.45) is 1.70. The Bertz CT molecular complexity index is 1550. The molecule has 1 fully saturated rings. The van der Waals surface area contributed by atoms with Crippen LogP contribution in [0, 0.1) is 0 Å². The summed E-state index contributed by atoms with van der Waals surface area (Å²) in [5.74, 6) is 0.804. The number of nitrogens with zero attached hydrogens (tertiary/aromatic N) is 1. The van der Waals surface area contributed by atoms with Gasteiger partial charge in [0.05, 0.1) is 18.1 Å². The third kappa shape index (κ3) is 5.75. The number of thioether (sulfide) groups is 1. The molecule has 5 rings (SSSR count). The summed E-state index contributed by atoms with van der Waals surface area (Å²) in [7, 11) is 0. The fourth-order valence-electron chi connectivity index (χ4n) is 4.17. The highest BCUT2D eigenvalue weighted by Crippen LogP contribution is 2.39. The van der Waals surface area contributed by atoms with Crippen LogP contribution in [0.5, 0.6) is 11.5 Å². The molecule has 0 aliphatic carbocycles. The topological polar surface area (TPSA) is 55.8 Å². The van der Waals surface area contributed by atoms with Crippen molar-refractivity contribution in [2.24, 2.45) is 0 Å². The van der Waals surface area contributed by atoms with E-state index in [4.69, 9.17) is 21.1 Å². The molecule has 0 saturated carbocycles. The molecule has 0 unspecified atom stereocenters. The molecule has 0 N–H and O–H groups in total. The first kappa shape index (κ1) is 26.4. The molecule has 5 nitrogen and oxygen atoms in total. The smallest absolute Gasteiger partial charge is 0.293 e. The highest BCUT2D eigenvalue weighted by Gasteiger charge is 2.35. The van der Waals surface area contributed by atoms with E-state index in [1.54, 1.807) is 30.3 Å². The van der Waals surface area contributed by atoms with Crippen LogP contribution >= 0.6 is 39.3 Å². The molecule has 0 bridgehead atoms. The first-order valence-electron chi connectivity index (χ1n) is 12.0. The summed E-state index contributed by atoms with van der Waals surface area (Å²) in [4.78, 5) is 27.3. The minimum atomic E-state index is -0.337. The molecule has 1 heterocycles. The summed E-state index contributed by atoms with van der Waals surface area (Å²) in [6, 6.07) is 25.1. The Morgan fingerprint density at radius 1 is 0.947 bits per heavy atom. The van der Waals surface area contributed by atoms with E-state index in [1.807, 2.05) is 43.3 Å². The molecule has 38 heavy (non-hydrogen) atoms. The second kappa shape index (κ2) is 11.6. The Hall–Kier alpha value is -3.26.